The highest BCUT2D eigenvalue weighted by Crippen LogP contribution is 2.35. The molecule has 5 aromatic rings. The van der Waals surface area contributed by atoms with Crippen LogP contribution >= 0.6 is 23.7 Å². The van der Waals surface area contributed by atoms with E-state index in [9.17, 15) is 4.79 Å². The van der Waals surface area contributed by atoms with Crippen molar-refractivity contribution in [2.75, 3.05) is 11.1 Å². The van der Waals surface area contributed by atoms with Gasteiger partial charge in [-0.2, -0.15) is 10.2 Å². The number of nitrogen functional groups attached to an aromatic ring is 1. The number of benzene rings is 1. The molecule has 4 heterocycles. The minimum atomic E-state index is -0.247. The predicted molar refractivity (Wildman–Crippen MR) is 121 cm³/mol. The molecule has 30 heavy (non-hydrogen) atoms. The van der Waals surface area contributed by atoms with Crippen LogP contribution in [0.15, 0.2) is 49.1 Å². The van der Waals surface area contributed by atoms with Crippen LogP contribution in [-0.2, 0) is 7.05 Å². The van der Waals surface area contributed by atoms with Gasteiger partial charge in [0, 0.05) is 24.2 Å². The van der Waals surface area contributed by atoms with Gasteiger partial charge in [-0.05, 0) is 19.1 Å². The number of aromatic nitrogens is 5. The van der Waals surface area contributed by atoms with Crippen molar-refractivity contribution in [1.82, 2.24) is 24.4 Å². The van der Waals surface area contributed by atoms with Crippen LogP contribution in [0.2, 0.25) is 0 Å². The number of amides is 1. The number of anilines is 2. The summed E-state index contributed by atoms with van der Waals surface area (Å²) in [4.78, 5) is 18.8. The lowest BCUT2D eigenvalue weighted by atomic mass is 10.1. The van der Waals surface area contributed by atoms with Crippen LogP contribution in [0.3, 0.4) is 0 Å². The first-order valence-corrected chi connectivity index (χ1v) is 9.74. The lowest BCUT2D eigenvalue weighted by Crippen LogP contribution is -2.13. The van der Waals surface area contributed by atoms with Crippen LogP contribution in [0.1, 0.15) is 16.1 Å². The molecule has 5 rings (SSSR count). The molecular formula is C20H18ClN7OS. The molecule has 1 aromatic carbocycles. The molecule has 0 aliphatic heterocycles. The Bertz CT molecular complexity index is 1400. The monoisotopic (exact) mass is 439 g/mol. The zero-order valence-electron chi connectivity index (χ0n) is 16.2. The number of nitrogens with two attached hydrogens (primary N) is 1. The van der Waals surface area contributed by atoms with Crippen molar-refractivity contribution < 1.29 is 4.79 Å². The average molecular weight is 440 g/mol. The smallest absolute Gasteiger partial charge is 0.260 e. The molecule has 4 aromatic heterocycles. The zero-order chi connectivity index (χ0) is 20.1. The first-order chi connectivity index (χ1) is 14.0. The fourth-order valence-corrected chi connectivity index (χ4v) is 4.42. The number of nitrogens with one attached hydrogen (secondary N) is 1. The molecule has 10 heteroatoms. The topological polar surface area (TPSA) is 103 Å². The first-order valence-electron chi connectivity index (χ1n) is 8.93. The van der Waals surface area contributed by atoms with Gasteiger partial charge in [0.15, 0.2) is 0 Å². The number of pyridine rings is 1. The highest BCUT2D eigenvalue weighted by molar-refractivity contribution is 7.21. The minimum Gasteiger partial charge on any atom is -0.397 e. The van der Waals surface area contributed by atoms with Crippen LogP contribution in [0.25, 0.3) is 26.2 Å². The predicted octanol–water partition coefficient (Wildman–Crippen LogP) is 3.91. The average Bonchev–Trinajstić information content (AvgIpc) is 3.39. The van der Waals surface area contributed by atoms with E-state index in [0.717, 1.165) is 26.2 Å². The van der Waals surface area contributed by atoms with Crippen molar-refractivity contribution in [1.29, 1.82) is 0 Å². The van der Waals surface area contributed by atoms with E-state index in [-0.39, 0.29) is 18.3 Å². The zero-order valence-corrected chi connectivity index (χ0v) is 17.8. The van der Waals surface area contributed by atoms with Gasteiger partial charge in [0.25, 0.3) is 5.91 Å². The number of carbonyl (C=O) groups excluding carboxylic acids is 1. The van der Waals surface area contributed by atoms with Gasteiger partial charge in [-0.3, -0.25) is 14.5 Å². The van der Waals surface area contributed by atoms with E-state index in [0.29, 0.717) is 22.6 Å². The first kappa shape index (κ1) is 19.9. The summed E-state index contributed by atoms with van der Waals surface area (Å²) in [5.74, 6) is -0.247. The van der Waals surface area contributed by atoms with Crippen LogP contribution in [0.5, 0.6) is 0 Å². The second kappa shape index (κ2) is 7.43. The molecule has 0 bridgehead atoms. The Labute approximate surface area is 181 Å². The largest absolute Gasteiger partial charge is 0.397 e. The number of carbonyl (C=O) groups is 1. The molecule has 8 nitrogen and oxygen atoms in total. The second-order valence-corrected chi connectivity index (χ2v) is 7.80. The quantitative estimate of drug-likeness (QED) is 0.443. The minimum absolute atomic E-state index is 0. The lowest BCUT2D eigenvalue weighted by molar-refractivity contribution is 0.102. The Morgan fingerprint density at radius 3 is 2.87 bits per heavy atom. The van der Waals surface area contributed by atoms with E-state index in [2.05, 4.69) is 26.6 Å². The summed E-state index contributed by atoms with van der Waals surface area (Å²) >= 11 is 1.52. The van der Waals surface area contributed by atoms with Crippen molar-refractivity contribution in [3.05, 3.63) is 60.3 Å². The molecule has 3 N–H and O–H groups in total. The van der Waals surface area contributed by atoms with E-state index in [1.165, 1.54) is 11.3 Å². The molecule has 0 saturated carbocycles. The van der Waals surface area contributed by atoms with Crippen LogP contribution < -0.4 is 11.1 Å². The lowest BCUT2D eigenvalue weighted by Gasteiger charge is -2.07. The van der Waals surface area contributed by atoms with Gasteiger partial charge >= 0.3 is 0 Å². The van der Waals surface area contributed by atoms with Crippen molar-refractivity contribution in [2.24, 2.45) is 7.05 Å². The van der Waals surface area contributed by atoms with Gasteiger partial charge in [-0.25, -0.2) is 4.52 Å². The standard InChI is InChI=1S/C20H17N7OS.ClH/c1-11-16(6-12(21)7-22-11)25-19(28)15-9-24-27-10-18(29-20(15)27)13-4-3-5-17-14(13)8-23-26(17)2;/h3-10H,21H2,1-2H3,(H,25,28);1H. The summed E-state index contributed by atoms with van der Waals surface area (Å²) in [5, 5.41) is 12.7. The Hall–Kier alpha value is -3.43. The SMILES string of the molecule is Cc1ncc(N)cc1NC(=O)c1cnn2cc(-c3cccc4c3cnn4C)sc12.Cl. The third-order valence-electron chi connectivity index (χ3n) is 4.85. The normalized spacial score (nSPS) is 11.0. The fourth-order valence-electron chi connectivity index (χ4n) is 3.32. The number of rotatable bonds is 3. The van der Waals surface area contributed by atoms with Gasteiger partial charge < -0.3 is 11.1 Å². The van der Waals surface area contributed by atoms with Crippen LogP contribution in [0.4, 0.5) is 11.4 Å². The molecule has 0 aliphatic carbocycles. The highest BCUT2D eigenvalue weighted by atomic mass is 35.5. The highest BCUT2D eigenvalue weighted by Gasteiger charge is 2.18. The molecule has 0 spiro atoms. The Morgan fingerprint density at radius 2 is 2.03 bits per heavy atom. The fraction of sp³-hybridized carbons (Fsp3) is 0.100. The molecule has 0 unspecified atom stereocenters. The van der Waals surface area contributed by atoms with Crippen LogP contribution in [-0.4, -0.2) is 30.3 Å². The summed E-state index contributed by atoms with van der Waals surface area (Å²) in [6.45, 7) is 1.82. The number of aryl methyl sites for hydroxylation is 2. The summed E-state index contributed by atoms with van der Waals surface area (Å²) in [5.41, 5.74) is 10.2. The van der Waals surface area contributed by atoms with Crippen LogP contribution in [0, 0.1) is 6.92 Å². The van der Waals surface area contributed by atoms with Crippen molar-refractivity contribution in [3.8, 4) is 10.4 Å². The van der Waals surface area contributed by atoms with Gasteiger partial charge in [0.1, 0.15) is 4.83 Å². The van der Waals surface area contributed by atoms with Gasteiger partial charge in [0.05, 0.1) is 51.6 Å². The third kappa shape index (κ3) is 3.17. The van der Waals surface area contributed by atoms with E-state index < -0.39 is 0 Å². The maximum absolute atomic E-state index is 12.9. The van der Waals surface area contributed by atoms with Crippen molar-refractivity contribution in [3.63, 3.8) is 0 Å². The van der Waals surface area contributed by atoms with Crippen molar-refractivity contribution in [2.45, 2.75) is 6.92 Å². The number of hydrogen-bond donors (Lipinski definition) is 2. The van der Waals surface area contributed by atoms with E-state index >= 15 is 0 Å². The van der Waals surface area contributed by atoms with E-state index in [4.69, 9.17) is 5.73 Å². The molecule has 0 fully saturated rings. The number of thiazole rings is 1. The Kier molecular flexibility index (Phi) is 4.92. The van der Waals surface area contributed by atoms with Gasteiger partial charge in [0.2, 0.25) is 0 Å². The van der Waals surface area contributed by atoms with E-state index in [1.54, 1.807) is 23.0 Å². The Balaban J connectivity index is 0.00000218. The molecule has 152 valence electrons. The Morgan fingerprint density at radius 1 is 1.20 bits per heavy atom. The van der Waals surface area contributed by atoms with E-state index in [1.807, 2.05) is 43.2 Å². The molecule has 0 atom stereocenters. The molecule has 0 saturated heterocycles. The summed E-state index contributed by atoms with van der Waals surface area (Å²) in [7, 11) is 1.92. The van der Waals surface area contributed by atoms with Gasteiger partial charge in [-0.1, -0.05) is 12.1 Å². The maximum atomic E-state index is 12.9. The molecule has 0 radical (unpaired) electrons. The summed E-state index contributed by atoms with van der Waals surface area (Å²) < 4.78 is 3.58. The third-order valence-corrected chi connectivity index (χ3v) is 6.00. The van der Waals surface area contributed by atoms with Gasteiger partial charge in [-0.15, -0.1) is 23.7 Å². The maximum Gasteiger partial charge on any atom is 0.260 e. The number of halogens is 1. The number of hydrogen-bond acceptors (Lipinski definition) is 6. The van der Waals surface area contributed by atoms with Crippen molar-refractivity contribution >= 4 is 56.8 Å². The second-order valence-electron chi connectivity index (χ2n) is 6.77. The molecule has 1 amide bonds. The summed E-state index contributed by atoms with van der Waals surface area (Å²) in [6, 6.07) is 7.79. The summed E-state index contributed by atoms with van der Waals surface area (Å²) in [6.07, 6.45) is 6.93. The number of nitrogens with zero attached hydrogens (tertiary/aromatic N) is 5. The molecule has 0 aliphatic rings. The molecular weight excluding hydrogens is 422 g/mol. The number of fused-ring (bicyclic) bond motifs is 2.